The van der Waals surface area contributed by atoms with Crippen molar-refractivity contribution in [1.29, 1.82) is 0 Å². The van der Waals surface area contributed by atoms with Crippen LogP contribution < -0.4 is 0 Å². The number of pyridine rings is 1. The first kappa shape index (κ1) is 7.73. The summed E-state index contributed by atoms with van der Waals surface area (Å²) in [4.78, 5) is 3.99. The first-order chi connectivity index (χ1) is 5.70. The molecule has 0 saturated carbocycles. The van der Waals surface area contributed by atoms with Crippen molar-refractivity contribution in [2.75, 3.05) is 0 Å². The van der Waals surface area contributed by atoms with Crippen LogP contribution >= 0.6 is 15.9 Å². The van der Waals surface area contributed by atoms with Crippen molar-refractivity contribution >= 4 is 21.6 Å². The fraction of sp³-hybridized carbons (Fsp3) is 0.125. The second-order valence-electron chi connectivity index (χ2n) is 2.48. The molecule has 0 spiro atoms. The van der Waals surface area contributed by atoms with E-state index in [4.69, 9.17) is 0 Å². The van der Waals surface area contributed by atoms with Crippen LogP contribution in [0.4, 0.5) is 4.39 Å². The lowest BCUT2D eigenvalue weighted by molar-refractivity contribution is 0.600. The molecule has 2 rings (SSSR count). The minimum Gasteiger partial charge on any atom is -0.291 e. The molecule has 0 N–H and O–H groups in total. The highest BCUT2D eigenvalue weighted by molar-refractivity contribution is 9.10. The molecule has 2 aromatic heterocycles. The standard InChI is InChI=1S/C8H5BrFN2/c1-5-4-6-11-2-3-12(6)8(9)7(5)10/h2-3H,1H3. The number of rotatable bonds is 0. The van der Waals surface area contributed by atoms with Crippen LogP contribution in [-0.2, 0) is 0 Å². The maximum Gasteiger partial charge on any atom is 0.158 e. The zero-order chi connectivity index (χ0) is 8.72. The first-order valence-corrected chi connectivity index (χ1v) is 4.19. The van der Waals surface area contributed by atoms with Gasteiger partial charge in [-0.2, -0.15) is 0 Å². The summed E-state index contributed by atoms with van der Waals surface area (Å²) in [6.07, 6.45) is 3.29. The molecule has 0 atom stereocenters. The summed E-state index contributed by atoms with van der Waals surface area (Å²) >= 11 is 3.14. The number of nitrogens with zero attached hydrogens (tertiary/aromatic N) is 2. The highest BCUT2D eigenvalue weighted by Gasteiger charge is 2.08. The fourth-order valence-electron chi connectivity index (χ4n) is 1.04. The molecule has 0 aliphatic rings. The molecule has 2 aromatic rings. The molecule has 0 fully saturated rings. The van der Waals surface area contributed by atoms with E-state index in [0.29, 0.717) is 15.8 Å². The number of imidazole rings is 1. The van der Waals surface area contributed by atoms with Crippen molar-refractivity contribution in [2.45, 2.75) is 6.92 Å². The second-order valence-corrected chi connectivity index (χ2v) is 3.23. The van der Waals surface area contributed by atoms with Crippen molar-refractivity contribution in [3.8, 4) is 0 Å². The van der Waals surface area contributed by atoms with Crippen LogP contribution in [0.15, 0.2) is 17.0 Å². The lowest BCUT2D eigenvalue weighted by atomic mass is 10.3. The van der Waals surface area contributed by atoms with Crippen LogP contribution in [0, 0.1) is 18.8 Å². The smallest absolute Gasteiger partial charge is 0.158 e. The van der Waals surface area contributed by atoms with Crippen LogP contribution in [0.2, 0.25) is 0 Å². The third-order valence-electron chi connectivity index (χ3n) is 1.66. The summed E-state index contributed by atoms with van der Waals surface area (Å²) in [5, 5.41) is 0. The Hall–Kier alpha value is -0.900. The van der Waals surface area contributed by atoms with Gasteiger partial charge in [0.15, 0.2) is 5.82 Å². The van der Waals surface area contributed by atoms with Crippen LogP contribution in [0.25, 0.3) is 5.65 Å². The summed E-state index contributed by atoms with van der Waals surface area (Å²) in [5.41, 5.74) is 1.10. The molecule has 61 valence electrons. The molecule has 0 aliphatic carbocycles. The number of aryl methyl sites for hydroxylation is 1. The monoisotopic (exact) mass is 227 g/mol. The topological polar surface area (TPSA) is 17.3 Å². The first-order valence-electron chi connectivity index (χ1n) is 3.40. The summed E-state index contributed by atoms with van der Waals surface area (Å²) in [6, 6.07) is 2.83. The summed E-state index contributed by atoms with van der Waals surface area (Å²) in [5.74, 6) is -0.291. The highest BCUT2D eigenvalue weighted by atomic mass is 79.9. The van der Waals surface area contributed by atoms with E-state index in [-0.39, 0.29) is 5.82 Å². The summed E-state index contributed by atoms with van der Waals surface area (Å²) in [6.45, 7) is 1.66. The van der Waals surface area contributed by atoms with E-state index in [9.17, 15) is 4.39 Å². The van der Waals surface area contributed by atoms with Gasteiger partial charge in [0.1, 0.15) is 10.3 Å². The predicted octanol–water partition coefficient (Wildman–Crippen LogP) is 2.34. The van der Waals surface area contributed by atoms with Gasteiger partial charge in [0.25, 0.3) is 0 Å². The van der Waals surface area contributed by atoms with Crippen molar-refractivity contribution in [3.05, 3.63) is 34.4 Å². The molecular formula is C8H5BrFN2. The molecule has 0 bridgehead atoms. The molecule has 0 unspecified atom stereocenters. The maximum absolute atomic E-state index is 13.2. The van der Waals surface area contributed by atoms with E-state index >= 15 is 0 Å². The highest BCUT2D eigenvalue weighted by Crippen LogP contribution is 2.19. The summed E-state index contributed by atoms with van der Waals surface area (Å²) < 4.78 is 15.2. The quantitative estimate of drug-likeness (QED) is 0.632. The summed E-state index contributed by atoms with van der Waals surface area (Å²) in [7, 11) is 0. The zero-order valence-corrected chi connectivity index (χ0v) is 7.89. The van der Waals surface area contributed by atoms with Crippen LogP contribution in [-0.4, -0.2) is 9.38 Å². The number of fused-ring (bicyclic) bond motifs is 1. The van der Waals surface area contributed by atoms with Gasteiger partial charge in [-0.25, -0.2) is 9.37 Å². The van der Waals surface area contributed by atoms with Crippen molar-refractivity contribution in [3.63, 3.8) is 0 Å². The Bertz CT molecular complexity index is 436. The van der Waals surface area contributed by atoms with Gasteiger partial charge in [-0.3, -0.25) is 4.40 Å². The fourth-order valence-corrected chi connectivity index (χ4v) is 1.62. The Morgan fingerprint density at radius 3 is 3.17 bits per heavy atom. The molecule has 0 aliphatic heterocycles. The average Bonchev–Trinajstić information content (AvgIpc) is 2.48. The zero-order valence-electron chi connectivity index (χ0n) is 6.31. The van der Waals surface area contributed by atoms with Gasteiger partial charge in [0, 0.05) is 18.5 Å². The van der Waals surface area contributed by atoms with Gasteiger partial charge >= 0.3 is 0 Å². The third-order valence-corrected chi connectivity index (χ3v) is 2.39. The van der Waals surface area contributed by atoms with Crippen LogP contribution in [0.1, 0.15) is 5.56 Å². The Balaban J connectivity index is 2.94. The molecule has 4 heteroatoms. The Labute approximate surface area is 77.2 Å². The maximum atomic E-state index is 13.2. The number of hydrogen-bond donors (Lipinski definition) is 0. The SMILES string of the molecule is Cc1[c]c2nccn2c(Br)c1F. The molecule has 12 heavy (non-hydrogen) atoms. The van der Waals surface area contributed by atoms with Gasteiger partial charge in [-0.1, -0.05) is 0 Å². The van der Waals surface area contributed by atoms with E-state index in [2.05, 4.69) is 27.0 Å². The van der Waals surface area contributed by atoms with Gasteiger partial charge in [0.05, 0.1) is 0 Å². The lowest BCUT2D eigenvalue weighted by Crippen LogP contribution is -1.94. The van der Waals surface area contributed by atoms with Gasteiger partial charge < -0.3 is 0 Å². The average molecular weight is 228 g/mol. The van der Waals surface area contributed by atoms with Gasteiger partial charge in [-0.15, -0.1) is 0 Å². The molecular weight excluding hydrogens is 223 g/mol. The minimum absolute atomic E-state index is 0.291. The molecule has 2 nitrogen and oxygen atoms in total. The molecule has 1 radical (unpaired) electrons. The van der Waals surface area contributed by atoms with E-state index in [1.165, 1.54) is 0 Å². The minimum atomic E-state index is -0.291. The van der Waals surface area contributed by atoms with E-state index in [0.717, 1.165) is 0 Å². The molecule has 0 saturated heterocycles. The normalized spacial score (nSPS) is 10.9. The molecule has 2 heterocycles. The predicted molar refractivity (Wildman–Crippen MR) is 46.4 cm³/mol. The number of aromatic nitrogens is 2. The lowest BCUT2D eigenvalue weighted by Gasteiger charge is -2.01. The van der Waals surface area contributed by atoms with Crippen molar-refractivity contribution in [1.82, 2.24) is 9.38 Å². The largest absolute Gasteiger partial charge is 0.291 e. The van der Waals surface area contributed by atoms with Crippen molar-refractivity contribution in [2.24, 2.45) is 0 Å². The number of hydrogen-bond acceptors (Lipinski definition) is 1. The number of halogens is 2. The van der Waals surface area contributed by atoms with Crippen LogP contribution in [0.5, 0.6) is 0 Å². The molecule has 0 amide bonds. The molecule has 0 aromatic carbocycles. The van der Waals surface area contributed by atoms with E-state index < -0.39 is 0 Å². The van der Waals surface area contributed by atoms with E-state index in [1.54, 1.807) is 23.7 Å². The Morgan fingerprint density at radius 1 is 1.67 bits per heavy atom. The third kappa shape index (κ3) is 0.948. The van der Waals surface area contributed by atoms with E-state index in [1.807, 2.05) is 0 Å². The Morgan fingerprint density at radius 2 is 2.42 bits per heavy atom. The van der Waals surface area contributed by atoms with Gasteiger partial charge in [0.2, 0.25) is 0 Å². The van der Waals surface area contributed by atoms with Crippen molar-refractivity contribution < 1.29 is 4.39 Å². The second kappa shape index (κ2) is 2.55. The van der Waals surface area contributed by atoms with Gasteiger partial charge in [-0.05, 0) is 28.4 Å². The van der Waals surface area contributed by atoms with Crippen LogP contribution in [0.3, 0.4) is 0 Å². The Kier molecular flexibility index (Phi) is 1.65.